The number of nitrogens with one attached hydrogen (secondary N) is 2. The molecule has 0 radical (unpaired) electrons. The number of aliphatic imine (C=N–C) groups is 1. The molecule has 0 spiro atoms. The van der Waals surface area contributed by atoms with E-state index in [0.29, 0.717) is 11.5 Å². The third-order valence-corrected chi connectivity index (χ3v) is 5.11. The van der Waals surface area contributed by atoms with E-state index < -0.39 is 0 Å². The summed E-state index contributed by atoms with van der Waals surface area (Å²) in [5, 5.41) is 6.98. The molecule has 1 atom stereocenters. The summed E-state index contributed by atoms with van der Waals surface area (Å²) in [7, 11) is 3.63. The van der Waals surface area contributed by atoms with E-state index in [0.717, 1.165) is 45.2 Å². The molecule has 1 saturated carbocycles. The minimum absolute atomic E-state index is 0. The number of ether oxygens (including phenoxy) is 1. The van der Waals surface area contributed by atoms with E-state index in [1.807, 2.05) is 7.05 Å². The molecule has 0 bridgehead atoms. The summed E-state index contributed by atoms with van der Waals surface area (Å²) >= 11 is 0. The van der Waals surface area contributed by atoms with Crippen LogP contribution < -0.4 is 10.6 Å². The Morgan fingerprint density at radius 1 is 1.26 bits per heavy atom. The quantitative estimate of drug-likeness (QED) is 0.312. The first-order chi connectivity index (χ1) is 10.6. The molecule has 2 N–H and O–H groups in total. The molecule has 1 aliphatic carbocycles. The van der Waals surface area contributed by atoms with Gasteiger partial charge in [0.2, 0.25) is 0 Å². The van der Waals surface area contributed by atoms with Crippen molar-refractivity contribution in [3.8, 4) is 0 Å². The van der Waals surface area contributed by atoms with Crippen molar-refractivity contribution in [2.24, 2.45) is 10.4 Å². The lowest BCUT2D eigenvalue weighted by molar-refractivity contribution is 0.0732. The van der Waals surface area contributed by atoms with Gasteiger partial charge < -0.3 is 15.4 Å². The fourth-order valence-electron chi connectivity index (χ4n) is 3.22. The molecule has 1 unspecified atom stereocenters. The Labute approximate surface area is 160 Å². The molecule has 138 valence electrons. The Hall–Kier alpha value is -0.0800. The highest BCUT2D eigenvalue weighted by Crippen LogP contribution is 2.43. The molecule has 6 heteroatoms. The van der Waals surface area contributed by atoms with Gasteiger partial charge in [-0.05, 0) is 44.7 Å². The third-order valence-electron chi connectivity index (χ3n) is 5.11. The van der Waals surface area contributed by atoms with Crippen molar-refractivity contribution in [3.63, 3.8) is 0 Å². The number of rotatable bonds is 10. The summed E-state index contributed by atoms with van der Waals surface area (Å²) in [6.45, 7) is 11.6. The van der Waals surface area contributed by atoms with Gasteiger partial charge >= 0.3 is 0 Å². The number of likely N-dealkylation sites (N-methyl/N-ethyl adjacent to an activating group) is 1. The van der Waals surface area contributed by atoms with Crippen molar-refractivity contribution in [2.45, 2.75) is 52.5 Å². The minimum atomic E-state index is 0. The smallest absolute Gasteiger partial charge is 0.191 e. The SMILES string of the molecule is CCN(CC)C(C)CNC(=NC)NCC1(CCOC)CCC1.I. The molecule has 1 rings (SSSR count). The van der Waals surface area contributed by atoms with Crippen molar-refractivity contribution in [1.82, 2.24) is 15.5 Å². The van der Waals surface area contributed by atoms with Crippen molar-refractivity contribution < 1.29 is 4.74 Å². The number of hydrogen-bond donors (Lipinski definition) is 2. The molecular weight excluding hydrogens is 403 g/mol. The highest BCUT2D eigenvalue weighted by atomic mass is 127. The Kier molecular flexibility index (Phi) is 12.3. The summed E-state index contributed by atoms with van der Waals surface area (Å²) in [4.78, 5) is 6.81. The first-order valence-electron chi connectivity index (χ1n) is 8.78. The first-order valence-corrected chi connectivity index (χ1v) is 8.78. The van der Waals surface area contributed by atoms with Gasteiger partial charge in [-0.25, -0.2) is 0 Å². The van der Waals surface area contributed by atoms with Crippen LogP contribution >= 0.6 is 24.0 Å². The molecule has 1 fully saturated rings. The Morgan fingerprint density at radius 3 is 2.35 bits per heavy atom. The predicted octanol–water partition coefficient (Wildman–Crippen LogP) is 2.71. The van der Waals surface area contributed by atoms with E-state index in [1.54, 1.807) is 7.11 Å². The van der Waals surface area contributed by atoms with Crippen molar-refractivity contribution >= 4 is 29.9 Å². The second-order valence-corrected chi connectivity index (χ2v) is 6.47. The lowest BCUT2D eigenvalue weighted by Gasteiger charge is -2.42. The lowest BCUT2D eigenvalue weighted by Crippen LogP contribution is -2.49. The van der Waals surface area contributed by atoms with E-state index >= 15 is 0 Å². The number of guanidine groups is 1. The summed E-state index contributed by atoms with van der Waals surface area (Å²) < 4.78 is 5.26. The van der Waals surface area contributed by atoms with Crippen molar-refractivity contribution in [3.05, 3.63) is 0 Å². The van der Waals surface area contributed by atoms with Crippen LogP contribution in [0.5, 0.6) is 0 Å². The zero-order valence-corrected chi connectivity index (χ0v) is 18.0. The highest BCUT2D eigenvalue weighted by Gasteiger charge is 2.36. The Bertz CT molecular complexity index is 331. The molecule has 5 nitrogen and oxygen atoms in total. The fourth-order valence-corrected chi connectivity index (χ4v) is 3.22. The molecule has 0 aromatic carbocycles. The molecule has 0 aromatic heterocycles. The molecule has 0 amide bonds. The maximum absolute atomic E-state index is 5.26. The summed E-state index contributed by atoms with van der Waals surface area (Å²) in [6, 6.07) is 0.514. The summed E-state index contributed by atoms with van der Waals surface area (Å²) in [5.74, 6) is 0.919. The monoisotopic (exact) mass is 440 g/mol. The Balaban J connectivity index is 0.00000484. The summed E-state index contributed by atoms with van der Waals surface area (Å²) in [5.41, 5.74) is 0.415. The van der Waals surface area contributed by atoms with Crippen LogP contribution in [-0.2, 0) is 4.74 Å². The van der Waals surface area contributed by atoms with Gasteiger partial charge in [-0.1, -0.05) is 20.3 Å². The second-order valence-electron chi connectivity index (χ2n) is 6.47. The van der Waals surface area contributed by atoms with Crippen LogP contribution in [0.15, 0.2) is 4.99 Å². The van der Waals surface area contributed by atoms with E-state index in [4.69, 9.17) is 4.74 Å². The van der Waals surface area contributed by atoms with Crippen molar-refractivity contribution in [1.29, 1.82) is 0 Å². The van der Waals surface area contributed by atoms with Gasteiger partial charge in [-0.3, -0.25) is 9.89 Å². The number of hydrogen-bond acceptors (Lipinski definition) is 3. The van der Waals surface area contributed by atoms with Crippen LogP contribution in [-0.4, -0.2) is 63.8 Å². The zero-order chi connectivity index (χ0) is 16.4. The van der Waals surface area contributed by atoms with Gasteiger partial charge in [0.25, 0.3) is 0 Å². The van der Waals surface area contributed by atoms with Gasteiger partial charge in [-0.15, -0.1) is 24.0 Å². The van der Waals surface area contributed by atoms with Gasteiger partial charge in [0.15, 0.2) is 5.96 Å². The van der Waals surface area contributed by atoms with Crippen LogP contribution in [0.4, 0.5) is 0 Å². The van der Waals surface area contributed by atoms with Crippen LogP contribution in [0.1, 0.15) is 46.5 Å². The molecule has 0 heterocycles. The molecular formula is C17H37IN4O. The third kappa shape index (κ3) is 7.56. The van der Waals surface area contributed by atoms with Crippen LogP contribution in [0.2, 0.25) is 0 Å². The zero-order valence-electron chi connectivity index (χ0n) is 15.7. The molecule has 0 aliphatic heterocycles. The van der Waals surface area contributed by atoms with E-state index in [9.17, 15) is 0 Å². The fraction of sp³-hybridized carbons (Fsp3) is 0.941. The minimum Gasteiger partial charge on any atom is -0.385 e. The van der Waals surface area contributed by atoms with E-state index in [2.05, 4.69) is 41.3 Å². The van der Waals surface area contributed by atoms with Crippen LogP contribution in [0.3, 0.4) is 0 Å². The van der Waals surface area contributed by atoms with Crippen LogP contribution in [0.25, 0.3) is 0 Å². The van der Waals surface area contributed by atoms with E-state index in [1.165, 1.54) is 19.3 Å². The van der Waals surface area contributed by atoms with Gasteiger partial charge in [-0.2, -0.15) is 0 Å². The van der Waals surface area contributed by atoms with Gasteiger partial charge in [0.1, 0.15) is 0 Å². The van der Waals surface area contributed by atoms with Gasteiger partial charge in [0.05, 0.1) is 0 Å². The van der Waals surface area contributed by atoms with Gasteiger partial charge in [0, 0.05) is 39.9 Å². The molecule has 1 aliphatic rings. The maximum atomic E-state index is 5.26. The second kappa shape index (κ2) is 12.3. The topological polar surface area (TPSA) is 48.9 Å². The number of halogens is 1. The standard InChI is InChI=1S/C17H36N4O.HI/c1-6-21(7-2)15(3)13-19-16(18-4)20-14-17(9-8-10-17)11-12-22-5;/h15H,6-14H2,1-5H3,(H2,18,19,20);1H. The molecule has 0 saturated heterocycles. The van der Waals surface area contributed by atoms with E-state index in [-0.39, 0.29) is 24.0 Å². The predicted molar refractivity (Wildman–Crippen MR) is 110 cm³/mol. The number of nitrogens with zero attached hydrogens (tertiary/aromatic N) is 2. The highest BCUT2D eigenvalue weighted by molar-refractivity contribution is 14.0. The average molecular weight is 440 g/mol. The Morgan fingerprint density at radius 2 is 1.91 bits per heavy atom. The summed E-state index contributed by atoms with van der Waals surface area (Å²) in [6.07, 6.45) is 5.09. The molecule has 23 heavy (non-hydrogen) atoms. The first kappa shape index (κ1) is 22.9. The molecule has 0 aromatic rings. The average Bonchev–Trinajstić information content (AvgIpc) is 2.49. The number of methoxy groups -OCH3 is 1. The maximum Gasteiger partial charge on any atom is 0.191 e. The normalized spacial score (nSPS) is 18.1. The lowest BCUT2D eigenvalue weighted by atomic mass is 9.67. The largest absolute Gasteiger partial charge is 0.385 e. The van der Waals surface area contributed by atoms with Crippen LogP contribution in [0, 0.1) is 5.41 Å². The van der Waals surface area contributed by atoms with Crippen molar-refractivity contribution in [2.75, 3.05) is 46.9 Å².